The van der Waals surface area contributed by atoms with Crippen LogP contribution in [0.5, 0.6) is 17.2 Å². The van der Waals surface area contributed by atoms with E-state index in [-0.39, 0.29) is 26.0 Å². The monoisotopic (exact) mass is 543 g/mol. The Bertz CT molecular complexity index is 1510. The molecule has 1 aliphatic carbocycles. The number of hydrogen-bond donors (Lipinski definition) is 0. The van der Waals surface area contributed by atoms with E-state index in [9.17, 15) is 4.79 Å². The molecule has 1 aromatic heterocycles. The largest absolute Gasteiger partial charge is 0.490 e. The predicted molar refractivity (Wildman–Crippen MR) is 140 cm³/mol. The molecule has 0 amide bonds. The molecule has 2 aliphatic rings. The van der Waals surface area contributed by atoms with E-state index in [0.29, 0.717) is 11.3 Å². The van der Waals surface area contributed by atoms with Gasteiger partial charge in [-0.2, -0.15) is 0 Å². The van der Waals surface area contributed by atoms with Crippen LogP contribution in [0.15, 0.2) is 71.2 Å². The van der Waals surface area contributed by atoms with Gasteiger partial charge in [-0.1, -0.05) is 46.3 Å². The van der Waals surface area contributed by atoms with Gasteiger partial charge in [0.15, 0.2) is 11.5 Å². The highest BCUT2D eigenvalue weighted by Crippen LogP contribution is 2.39. The third-order valence-corrected chi connectivity index (χ3v) is 6.76. The van der Waals surface area contributed by atoms with Crippen LogP contribution in [0.1, 0.15) is 33.6 Å². The van der Waals surface area contributed by atoms with E-state index in [1.54, 1.807) is 0 Å². The summed E-state index contributed by atoms with van der Waals surface area (Å²) in [5.74, 6) is 1.85. The average molecular weight is 544 g/mol. The van der Waals surface area contributed by atoms with E-state index in [4.69, 9.17) is 23.9 Å². The summed E-state index contributed by atoms with van der Waals surface area (Å²) in [5.41, 5.74) is 5.23. The Hall–Kier alpha value is -3.84. The second-order valence-corrected chi connectivity index (χ2v) is 9.47. The first-order valence-corrected chi connectivity index (χ1v) is 12.5. The normalized spacial score (nSPS) is 14.8. The Balaban J connectivity index is 1.27. The molecule has 1 aliphatic heterocycles. The lowest BCUT2D eigenvalue weighted by molar-refractivity contribution is 0.0451. The lowest BCUT2D eigenvalue weighted by Crippen LogP contribution is -2.15. The molecule has 2 heterocycles. The maximum absolute atomic E-state index is 13.3. The van der Waals surface area contributed by atoms with Crippen LogP contribution < -0.4 is 14.2 Å². The number of hydrogen-bond acceptors (Lipinski definition) is 6. The molecule has 0 saturated carbocycles. The van der Waals surface area contributed by atoms with Gasteiger partial charge in [-0.05, 0) is 72.0 Å². The second kappa shape index (κ2) is 9.66. The molecular weight excluding hydrogens is 522 g/mol. The van der Waals surface area contributed by atoms with Crippen molar-refractivity contribution >= 4 is 44.5 Å². The third-order valence-electron chi connectivity index (χ3n) is 6.26. The van der Waals surface area contributed by atoms with Crippen LogP contribution in [0.25, 0.3) is 22.6 Å². The zero-order chi connectivity index (χ0) is 24.5. The minimum Gasteiger partial charge on any atom is -0.490 e. The summed E-state index contributed by atoms with van der Waals surface area (Å²) in [6.45, 7) is 0.657. The van der Waals surface area contributed by atoms with Crippen molar-refractivity contribution in [2.45, 2.75) is 12.8 Å². The van der Waals surface area contributed by atoms with Crippen molar-refractivity contribution in [1.29, 1.82) is 0 Å². The molecule has 0 saturated heterocycles. The second-order valence-electron chi connectivity index (χ2n) is 8.56. The standard InChI is InChI=1S/C29H22BrNO5/c30-20-4-3-5-21(16-20)33-12-13-34-29(32)27-22-6-1-2-7-24(22)31-28-19(9-10-23(27)28)14-18-8-11-25-26(15-18)36-17-35-25/h1-8,11,14-16H,9-10,12-13,17H2/b19-14+. The van der Waals surface area contributed by atoms with Crippen molar-refractivity contribution < 1.29 is 23.7 Å². The number of halogens is 1. The number of esters is 1. The van der Waals surface area contributed by atoms with Crippen LogP contribution in [0.4, 0.5) is 0 Å². The van der Waals surface area contributed by atoms with Gasteiger partial charge in [-0.3, -0.25) is 0 Å². The highest BCUT2D eigenvalue weighted by atomic mass is 79.9. The molecule has 0 atom stereocenters. The van der Waals surface area contributed by atoms with Gasteiger partial charge in [0.25, 0.3) is 0 Å². The Morgan fingerprint density at radius 2 is 1.86 bits per heavy atom. The minimum absolute atomic E-state index is 0.149. The van der Waals surface area contributed by atoms with Crippen molar-refractivity contribution in [3.05, 3.63) is 93.6 Å². The van der Waals surface area contributed by atoms with Gasteiger partial charge in [0.1, 0.15) is 19.0 Å². The molecule has 4 aromatic rings. The van der Waals surface area contributed by atoms with Crippen molar-refractivity contribution in [2.24, 2.45) is 0 Å². The highest BCUT2D eigenvalue weighted by Gasteiger charge is 2.27. The van der Waals surface area contributed by atoms with Crippen molar-refractivity contribution in [2.75, 3.05) is 20.0 Å². The summed E-state index contributed by atoms with van der Waals surface area (Å²) >= 11 is 3.43. The lowest BCUT2D eigenvalue weighted by Gasteiger charge is -2.13. The fraction of sp³-hybridized carbons (Fsp3) is 0.172. The number of fused-ring (bicyclic) bond motifs is 3. The van der Waals surface area contributed by atoms with Gasteiger partial charge in [0.2, 0.25) is 6.79 Å². The SMILES string of the molecule is O=C(OCCOc1cccc(Br)c1)c1c2c(nc3ccccc13)/C(=C/c1ccc3c(c1)OCO3)CC2. The quantitative estimate of drug-likeness (QED) is 0.205. The fourth-order valence-corrected chi connectivity index (χ4v) is 5.02. The summed E-state index contributed by atoms with van der Waals surface area (Å²) < 4.78 is 23.3. The van der Waals surface area contributed by atoms with Crippen LogP contribution in [0.3, 0.4) is 0 Å². The Labute approximate surface area is 216 Å². The van der Waals surface area contributed by atoms with Gasteiger partial charge in [0, 0.05) is 9.86 Å². The number of nitrogens with zero attached hydrogens (tertiary/aromatic N) is 1. The molecule has 0 N–H and O–H groups in total. The summed E-state index contributed by atoms with van der Waals surface area (Å²) in [7, 11) is 0. The molecule has 36 heavy (non-hydrogen) atoms. The first-order chi connectivity index (χ1) is 17.7. The fourth-order valence-electron chi connectivity index (χ4n) is 4.64. The zero-order valence-electron chi connectivity index (χ0n) is 19.3. The average Bonchev–Trinajstić information content (AvgIpc) is 3.52. The van der Waals surface area contributed by atoms with Crippen molar-refractivity contribution in [3.8, 4) is 17.2 Å². The van der Waals surface area contributed by atoms with E-state index in [1.807, 2.05) is 66.7 Å². The predicted octanol–water partition coefficient (Wildman–Crippen LogP) is 6.45. The summed E-state index contributed by atoms with van der Waals surface area (Å²) in [6.07, 6.45) is 3.62. The molecule has 6 rings (SSSR count). The first-order valence-electron chi connectivity index (χ1n) is 11.7. The topological polar surface area (TPSA) is 66.9 Å². The Morgan fingerprint density at radius 3 is 2.78 bits per heavy atom. The van der Waals surface area contributed by atoms with E-state index >= 15 is 0 Å². The Morgan fingerprint density at radius 1 is 0.972 bits per heavy atom. The molecule has 0 spiro atoms. The van der Waals surface area contributed by atoms with Crippen LogP contribution in [0.2, 0.25) is 0 Å². The van der Waals surface area contributed by atoms with Crippen molar-refractivity contribution in [3.63, 3.8) is 0 Å². The minimum atomic E-state index is -0.355. The summed E-state index contributed by atoms with van der Waals surface area (Å²) in [5, 5.41) is 0.804. The molecule has 0 bridgehead atoms. The highest BCUT2D eigenvalue weighted by molar-refractivity contribution is 9.10. The van der Waals surface area contributed by atoms with Crippen LogP contribution in [0, 0.1) is 0 Å². The maximum atomic E-state index is 13.3. The summed E-state index contributed by atoms with van der Waals surface area (Å²) in [6, 6.07) is 21.1. The number of benzene rings is 3. The molecular formula is C29H22BrNO5. The molecule has 0 unspecified atom stereocenters. The van der Waals surface area contributed by atoms with E-state index in [2.05, 4.69) is 22.0 Å². The maximum Gasteiger partial charge on any atom is 0.339 e. The smallest absolute Gasteiger partial charge is 0.339 e. The number of carbonyl (C=O) groups excluding carboxylic acids is 1. The van der Waals surface area contributed by atoms with Gasteiger partial charge in [-0.15, -0.1) is 0 Å². The van der Waals surface area contributed by atoms with Gasteiger partial charge in [-0.25, -0.2) is 9.78 Å². The summed E-state index contributed by atoms with van der Waals surface area (Å²) in [4.78, 5) is 18.2. The Kier molecular flexibility index (Phi) is 6.07. The molecule has 180 valence electrons. The number of ether oxygens (including phenoxy) is 4. The van der Waals surface area contributed by atoms with E-state index < -0.39 is 0 Å². The number of carbonyl (C=O) groups is 1. The zero-order valence-corrected chi connectivity index (χ0v) is 20.9. The van der Waals surface area contributed by atoms with Gasteiger partial charge < -0.3 is 18.9 Å². The molecule has 0 fully saturated rings. The third kappa shape index (κ3) is 4.42. The van der Waals surface area contributed by atoms with Gasteiger partial charge in [0.05, 0.1) is 16.8 Å². The molecule has 6 nitrogen and oxygen atoms in total. The number of aromatic nitrogens is 1. The number of rotatable bonds is 6. The van der Waals surface area contributed by atoms with E-state index in [0.717, 1.165) is 62.1 Å². The number of pyridine rings is 1. The lowest BCUT2D eigenvalue weighted by atomic mass is 10.0. The van der Waals surface area contributed by atoms with Crippen LogP contribution in [-0.2, 0) is 11.2 Å². The molecule has 7 heteroatoms. The first kappa shape index (κ1) is 22.6. The van der Waals surface area contributed by atoms with Crippen LogP contribution in [-0.4, -0.2) is 31.0 Å². The number of para-hydroxylation sites is 1. The molecule has 0 radical (unpaired) electrons. The molecule has 3 aromatic carbocycles. The number of allylic oxidation sites excluding steroid dienone is 1. The van der Waals surface area contributed by atoms with Crippen molar-refractivity contribution in [1.82, 2.24) is 4.98 Å². The van der Waals surface area contributed by atoms with Gasteiger partial charge >= 0.3 is 5.97 Å². The van der Waals surface area contributed by atoms with E-state index in [1.165, 1.54) is 0 Å². The van der Waals surface area contributed by atoms with Crippen LogP contribution >= 0.6 is 15.9 Å².